The number of amides is 2. The summed E-state index contributed by atoms with van der Waals surface area (Å²) in [6.45, 7) is 4.24. The summed E-state index contributed by atoms with van der Waals surface area (Å²) in [7, 11) is 0. The minimum atomic E-state index is -0.891. The lowest BCUT2D eigenvalue weighted by molar-refractivity contribution is 0.0853. The molecule has 14 nitrogen and oxygen atoms in total. The van der Waals surface area contributed by atoms with Crippen molar-refractivity contribution in [3.63, 3.8) is 0 Å². The number of nitrogens with one attached hydrogen (secondary N) is 2. The number of hydrogen-bond acceptors (Lipinski definition) is 6. The number of carboxylic acid groups (broad SMARTS) is 2. The number of fused-ring (bicyclic) bond motifs is 2. The molecule has 5 aromatic carbocycles. The number of aromatic amines is 2. The molecule has 7 aromatic rings. The molecule has 0 bridgehead atoms. The van der Waals surface area contributed by atoms with Crippen LogP contribution in [0.3, 0.4) is 0 Å². The molecule has 0 radical (unpaired) electrons. The number of ether oxygens (including phenoxy) is 1. The lowest BCUT2D eigenvalue weighted by Gasteiger charge is -2.38. The van der Waals surface area contributed by atoms with Gasteiger partial charge in [-0.3, -0.25) is 14.0 Å². The Bertz CT molecular complexity index is 2760. The van der Waals surface area contributed by atoms with E-state index in [0.717, 1.165) is 65.9 Å². The van der Waals surface area contributed by atoms with Gasteiger partial charge in [-0.1, -0.05) is 97.1 Å². The van der Waals surface area contributed by atoms with Gasteiger partial charge in [0.2, 0.25) is 0 Å². The highest BCUT2D eigenvalue weighted by Crippen LogP contribution is 2.31. The number of piperidine rings is 2. The first-order valence-corrected chi connectivity index (χ1v) is 22.1. The van der Waals surface area contributed by atoms with Crippen molar-refractivity contribution >= 4 is 34.3 Å². The van der Waals surface area contributed by atoms with Crippen LogP contribution in [0.1, 0.15) is 67.3 Å². The van der Waals surface area contributed by atoms with Gasteiger partial charge in [0.05, 0.1) is 22.1 Å². The normalized spacial score (nSPS) is 16.8. The Morgan fingerprint density at radius 1 is 0.625 bits per heavy atom. The van der Waals surface area contributed by atoms with Crippen LogP contribution in [0.2, 0.25) is 0 Å². The molecule has 9 rings (SSSR count). The van der Waals surface area contributed by atoms with Crippen molar-refractivity contribution in [1.29, 1.82) is 0 Å². The molecule has 1 unspecified atom stereocenters. The molecule has 4 heterocycles. The van der Waals surface area contributed by atoms with Crippen molar-refractivity contribution < 1.29 is 24.5 Å². The van der Waals surface area contributed by atoms with Gasteiger partial charge in [0.1, 0.15) is 12.4 Å². The van der Waals surface area contributed by atoms with Gasteiger partial charge in [0.15, 0.2) is 0 Å². The number of imidazole rings is 2. The summed E-state index contributed by atoms with van der Waals surface area (Å²) in [5.74, 6) is 0.842. The van der Waals surface area contributed by atoms with Crippen LogP contribution in [-0.4, -0.2) is 88.4 Å². The molecule has 0 spiro atoms. The number of para-hydroxylation sites is 4. The molecule has 14 heteroatoms. The number of H-pyrrole nitrogens is 2. The second-order valence-electron chi connectivity index (χ2n) is 16.7. The van der Waals surface area contributed by atoms with E-state index in [1.54, 1.807) is 9.47 Å². The minimum Gasteiger partial charge on any atom is -0.489 e. The summed E-state index contributed by atoms with van der Waals surface area (Å²) in [5, 5.41) is 19.0. The van der Waals surface area contributed by atoms with Crippen molar-refractivity contribution in [2.75, 3.05) is 26.2 Å². The molecule has 0 aliphatic carbocycles. The average molecular weight is 866 g/mol. The van der Waals surface area contributed by atoms with Crippen molar-refractivity contribution in [2.45, 2.75) is 76.3 Å². The van der Waals surface area contributed by atoms with Crippen LogP contribution in [0.15, 0.2) is 143 Å². The average Bonchev–Trinajstić information content (AvgIpc) is 3.84. The topological polar surface area (TPSA) is 169 Å². The Kier molecular flexibility index (Phi) is 13.9. The molecular formula is C50H55N7O7. The summed E-state index contributed by atoms with van der Waals surface area (Å²) < 4.78 is 9.68. The van der Waals surface area contributed by atoms with E-state index in [1.807, 2.05) is 89.5 Å². The molecule has 332 valence electrons. The number of benzene rings is 5. The molecule has 0 saturated carbocycles. The second kappa shape index (κ2) is 20.4. The highest BCUT2D eigenvalue weighted by molar-refractivity contribution is 5.76. The van der Waals surface area contributed by atoms with Gasteiger partial charge in [0.25, 0.3) is 0 Å². The molecule has 64 heavy (non-hydrogen) atoms. The zero-order chi connectivity index (χ0) is 44.4. The molecule has 2 saturated heterocycles. The minimum absolute atomic E-state index is 0.0479. The standard InChI is InChI=1S/C37H40N4O4.C13H15N3O3/c42-36-38-34-18-7-8-19-35(34)41(36)32-20-22-40(37(43)44)31(24-32)16-10-21-39(25-28-11-3-1-4-12-28)26-30-15-9-17-33(23-30)45-27-29-13-5-2-6-14-29;17-12-14-10-3-1-2-4-11(10)16(12)9-5-7-15(8-6-9)13(18)19/h1-9,11-15,17-19,23,31-32H,10,16,20-22,24-27H2,(H,38,42)(H,43,44);1-4,9H,5-8H2,(H,14,17)(H,18,19)/t31-,32?;/m0./s1. The number of nitrogens with zero attached hydrogens (tertiary/aromatic N) is 5. The van der Waals surface area contributed by atoms with Crippen molar-refractivity contribution in [3.05, 3.63) is 171 Å². The summed E-state index contributed by atoms with van der Waals surface area (Å²) in [6.07, 6.45) is 2.37. The molecule has 2 amide bonds. The Hall–Kier alpha value is -7.06. The van der Waals surface area contributed by atoms with E-state index < -0.39 is 12.2 Å². The fourth-order valence-corrected chi connectivity index (χ4v) is 9.32. The SMILES string of the molecule is O=C(O)N1CCC(n2c(=O)[nH]c3ccccc32)CC1.O=C(O)N1CCC(n2c(=O)[nH]c3ccccc32)C[C@@H]1CCCN(Cc1ccccc1)Cc1cccc(OCc2ccccc2)c1. The lowest BCUT2D eigenvalue weighted by Crippen LogP contribution is -2.47. The monoisotopic (exact) mass is 865 g/mol. The maximum Gasteiger partial charge on any atom is 0.407 e. The van der Waals surface area contributed by atoms with Gasteiger partial charge in [0, 0.05) is 50.8 Å². The summed E-state index contributed by atoms with van der Waals surface area (Å²) in [4.78, 5) is 59.2. The zero-order valence-corrected chi connectivity index (χ0v) is 35.8. The summed E-state index contributed by atoms with van der Waals surface area (Å²) >= 11 is 0. The predicted octanol–water partition coefficient (Wildman–Crippen LogP) is 8.72. The number of aromatic nitrogens is 4. The lowest BCUT2D eigenvalue weighted by atomic mass is 9.93. The fraction of sp³-hybridized carbons (Fsp3) is 0.320. The Labute approximate surface area is 370 Å². The Morgan fingerprint density at radius 3 is 1.80 bits per heavy atom. The van der Waals surface area contributed by atoms with Crippen LogP contribution < -0.4 is 16.1 Å². The Morgan fingerprint density at radius 2 is 1.17 bits per heavy atom. The second-order valence-corrected chi connectivity index (χ2v) is 16.7. The predicted molar refractivity (Wildman–Crippen MR) is 247 cm³/mol. The summed E-state index contributed by atoms with van der Waals surface area (Å²) in [5.41, 5.74) is 6.68. The van der Waals surface area contributed by atoms with Crippen LogP contribution >= 0.6 is 0 Å². The third-order valence-electron chi connectivity index (χ3n) is 12.5. The van der Waals surface area contributed by atoms with E-state index in [1.165, 1.54) is 16.0 Å². The van der Waals surface area contributed by atoms with Crippen molar-refractivity contribution in [3.8, 4) is 5.75 Å². The molecule has 2 atom stereocenters. The largest absolute Gasteiger partial charge is 0.489 e. The third kappa shape index (κ3) is 10.6. The third-order valence-corrected chi connectivity index (χ3v) is 12.5. The van der Waals surface area contributed by atoms with Crippen LogP contribution in [0.4, 0.5) is 9.59 Å². The quantitative estimate of drug-likeness (QED) is 0.0893. The van der Waals surface area contributed by atoms with Crippen molar-refractivity contribution in [2.24, 2.45) is 0 Å². The zero-order valence-electron chi connectivity index (χ0n) is 35.8. The summed E-state index contributed by atoms with van der Waals surface area (Å²) in [6, 6.07) is 44.0. The first-order chi connectivity index (χ1) is 31.2. The van der Waals surface area contributed by atoms with Gasteiger partial charge < -0.3 is 34.7 Å². The van der Waals surface area contributed by atoms with E-state index in [9.17, 15) is 24.3 Å². The molecule has 2 aliphatic rings. The molecule has 2 aromatic heterocycles. The molecule has 2 aliphatic heterocycles. The van der Waals surface area contributed by atoms with E-state index >= 15 is 0 Å². The van der Waals surface area contributed by atoms with Gasteiger partial charge >= 0.3 is 23.6 Å². The molecular weight excluding hydrogens is 811 g/mol. The highest BCUT2D eigenvalue weighted by Gasteiger charge is 2.33. The van der Waals surface area contributed by atoms with Crippen molar-refractivity contribution in [1.82, 2.24) is 33.8 Å². The van der Waals surface area contributed by atoms with E-state index in [2.05, 4.69) is 63.4 Å². The number of rotatable bonds is 13. The first kappa shape index (κ1) is 43.6. The van der Waals surface area contributed by atoms with Gasteiger partial charge in [-0.25, -0.2) is 19.2 Å². The fourth-order valence-electron chi connectivity index (χ4n) is 9.32. The van der Waals surface area contributed by atoms with Crippen LogP contribution in [0.5, 0.6) is 5.75 Å². The highest BCUT2D eigenvalue weighted by atomic mass is 16.5. The first-order valence-electron chi connectivity index (χ1n) is 22.1. The number of likely N-dealkylation sites (tertiary alicyclic amines) is 2. The van der Waals surface area contributed by atoms with E-state index in [0.29, 0.717) is 51.9 Å². The van der Waals surface area contributed by atoms with Crippen LogP contribution in [-0.2, 0) is 19.7 Å². The smallest absolute Gasteiger partial charge is 0.407 e. The maximum atomic E-state index is 12.9. The molecule has 4 N–H and O–H groups in total. The van der Waals surface area contributed by atoms with E-state index in [-0.39, 0.29) is 29.5 Å². The Balaban J connectivity index is 0.000000244. The number of carbonyl (C=O) groups is 2. The maximum absolute atomic E-state index is 12.9. The van der Waals surface area contributed by atoms with Gasteiger partial charge in [-0.05, 0) is 98.2 Å². The van der Waals surface area contributed by atoms with Crippen LogP contribution in [0.25, 0.3) is 22.1 Å². The van der Waals surface area contributed by atoms with Gasteiger partial charge in [-0.15, -0.1) is 0 Å². The van der Waals surface area contributed by atoms with Gasteiger partial charge in [-0.2, -0.15) is 0 Å². The van der Waals surface area contributed by atoms with Crippen LogP contribution in [0, 0.1) is 0 Å². The number of hydrogen-bond donors (Lipinski definition) is 4. The molecule has 2 fully saturated rings. The van der Waals surface area contributed by atoms with E-state index in [4.69, 9.17) is 9.84 Å².